The van der Waals surface area contributed by atoms with Crippen LogP contribution in [0.4, 0.5) is 5.69 Å². The van der Waals surface area contributed by atoms with Gasteiger partial charge in [-0.15, -0.1) is 0 Å². The first-order valence-corrected chi connectivity index (χ1v) is 5.73. The maximum Gasteiger partial charge on any atom is 0.284 e. The van der Waals surface area contributed by atoms with Crippen LogP contribution in [0.1, 0.15) is 17.5 Å². The standard InChI is InChI=1S/C13H14N2O3/c1-15-11-4-2-9(7-14-12(17)8-16)6-10(11)3-5-13(15)18/h2,4,6,8H,3,5,7H2,1H3,(H,14,17). The molecule has 0 atom stereocenters. The highest BCUT2D eigenvalue weighted by Gasteiger charge is 2.20. The van der Waals surface area contributed by atoms with Crippen LogP contribution in [0.2, 0.25) is 0 Å². The number of carbonyl (C=O) groups excluding carboxylic acids is 3. The van der Waals surface area contributed by atoms with Crippen LogP contribution in [0.5, 0.6) is 0 Å². The summed E-state index contributed by atoms with van der Waals surface area (Å²) in [7, 11) is 1.76. The van der Waals surface area contributed by atoms with Gasteiger partial charge in [0.05, 0.1) is 0 Å². The van der Waals surface area contributed by atoms with E-state index in [2.05, 4.69) is 5.32 Å². The van der Waals surface area contributed by atoms with Gasteiger partial charge in [0.25, 0.3) is 5.91 Å². The van der Waals surface area contributed by atoms with Crippen molar-refractivity contribution in [2.24, 2.45) is 0 Å². The van der Waals surface area contributed by atoms with Crippen LogP contribution in [0.25, 0.3) is 0 Å². The molecule has 0 spiro atoms. The largest absolute Gasteiger partial charge is 0.346 e. The molecule has 0 radical (unpaired) electrons. The van der Waals surface area contributed by atoms with Crippen molar-refractivity contribution in [2.45, 2.75) is 19.4 Å². The summed E-state index contributed by atoms with van der Waals surface area (Å²) in [5.41, 5.74) is 2.93. The number of aldehydes is 1. The molecule has 5 nitrogen and oxygen atoms in total. The first-order chi connectivity index (χ1) is 8.61. The number of rotatable bonds is 3. The molecule has 1 aromatic carbocycles. The van der Waals surface area contributed by atoms with Gasteiger partial charge in [0.15, 0.2) is 0 Å². The van der Waals surface area contributed by atoms with Gasteiger partial charge in [-0.1, -0.05) is 12.1 Å². The molecule has 18 heavy (non-hydrogen) atoms. The minimum absolute atomic E-state index is 0.115. The maximum absolute atomic E-state index is 11.5. The lowest BCUT2D eigenvalue weighted by Gasteiger charge is -2.26. The predicted octanol–water partition coefficient (Wildman–Crippen LogP) is 0.411. The molecule has 0 bridgehead atoms. The molecule has 0 aromatic heterocycles. The van der Waals surface area contributed by atoms with E-state index in [1.165, 1.54) is 0 Å². The zero-order valence-corrected chi connectivity index (χ0v) is 10.1. The summed E-state index contributed by atoms with van der Waals surface area (Å²) in [6.07, 6.45) is 1.48. The van der Waals surface area contributed by atoms with E-state index in [-0.39, 0.29) is 12.2 Å². The van der Waals surface area contributed by atoms with Crippen LogP contribution < -0.4 is 10.2 Å². The molecular weight excluding hydrogens is 232 g/mol. The summed E-state index contributed by atoms with van der Waals surface area (Å²) in [5, 5.41) is 2.49. The van der Waals surface area contributed by atoms with E-state index in [4.69, 9.17) is 0 Å². The fourth-order valence-electron chi connectivity index (χ4n) is 2.05. The van der Waals surface area contributed by atoms with E-state index in [9.17, 15) is 14.4 Å². The zero-order valence-electron chi connectivity index (χ0n) is 10.1. The van der Waals surface area contributed by atoms with Crippen molar-refractivity contribution in [3.63, 3.8) is 0 Å². The number of fused-ring (bicyclic) bond motifs is 1. The molecule has 0 saturated heterocycles. The SMILES string of the molecule is CN1C(=O)CCc2cc(CNC(=O)C=O)ccc21. The van der Waals surface area contributed by atoms with Crippen LogP contribution in [-0.4, -0.2) is 25.1 Å². The van der Waals surface area contributed by atoms with E-state index in [0.717, 1.165) is 16.8 Å². The molecule has 1 aliphatic rings. The summed E-state index contributed by atoms with van der Waals surface area (Å²) in [4.78, 5) is 34.2. The molecule has 1 aliphatic heterocycles. The van der Waals surface area contributed by atoms with Gasteiger partial charge < -0.3 is 10.2 Å². The lowest BCUT2D eigenvalue weighted by atomic mass is 9.99. The number of anilines is 1. The van der Waals surface area contributed by atoms with Crippen LogP contribution >= 0.6 is 0 Å². The van der Waals surface area contributed by atoms with Crippen LogP contribution in [0.15, 0.2) is 18.2 Å². The van der Waals surface area contributed by atoms with E-state index < -0.39 is 5.91 Å². The summed E-state index contributed by atoms with van der Waals surface area (Å²) in [6, 6.07) is 5.68. The van der Waals surface area contributed by atoms with Gasteiger partial charge >= 0.3 is 0 Å². The maximum atomic E-state index is 11.5. The highest BCUT2D eigenvalue weighted by Crippen LogP contribution is 2.27. The number of nitrogens with one attached hydrogen (secondary N) is 1. The average molecular weight is 246 g/mol. The fraction of sp³-hybridized carbons (Fsp3) is 0.308. The number of aryl methyl sites for hydroxylation is 1. The Morgan fingerprint density at radius 1 is 1.44 bits per heavy atom. The summed E-state index contributed by atoms with van der Waals surface area (Å²) in [6.45, 7) is 0.322. The van der Waals surface area contributed by atoms with Crippen molar-refractivity contribution < 1.29 is 14.4 Å². The van der Waals surface area contributed by atoms with Crippen LogP contribution in [0, 0.1) is 0 Å². The molecule has 1 heterocycles. The average Bonchev–Trinajstić information content (AvgIpc) is 2.40. The number of amides is 2. The van der Waals surface area contributed by atoms with Gasteiger partial charge in [-0.25, -0.2) is 0 Å². The molecular formula is C13H14N2O3. The van der Waals surface area contributed by atoms with Gasteiger partial charge in [0.1, 0.15) is 0 Å². The number of benzene rings is 1. The number of hydrogen-bond acceptors (Lipinski definition) is 3. The third-order valence-electron chi connectivity index (χ3n) is 3.06. The van der Waals surface area contributed by atoms with Crippen molar-refractivity contribution >= 4 is 23.8 Å². The molecule has 1 aromatic rings. The Labute approximate surface area is 105 Å². The Morgan fingerprint density at radius 3 is 2.94 bits per heavy atom. The topological polar surface area (TPSA) is 66.5 Å². The van der Waals surface area contributed by atoms with Crippen LogP contribution in [0.3, 0.4) is 0 Å². The Hall–Kier alpha value is -2.17. The molecule has 94 valence electrons. The van der Waals surface area contributed by atoms with E-state index in [1.54, 1.807) is 11.9 Å². The fourth-order valence-corrected chi connectivity index (χ4v) is 2.05. The Balaban J connectivity index is 2.15. The van der Waals surface area contributed by atoms with Crippen molar-refractivity contribution in [2.75, 3.05) is 11.9 Å². The summed E-state index contributed by atoms with van der Waals surface area (Å²) in [5.74, 6) is -0.510. The number of nitrogens with zero attached hydrogens (tertiary/aromatic N) is 1. The van der Waals surface area contributed by atoms with E-state index in [0.29, 0.717) is 19.4 Å². The van der Waals surface area contributed by atoms with Crippen molar-refractivity contribution in [1.29, 1.82) is 0 Å². The quantitative estimate of drug-likeness (QED) is 0.620. The van der Waals surface area contributed by atoms with Gasteiger partial charge in [-0.2, -0.15) is 0 Å². The lowest BCUT2D eigenvalue weighted by molar-refractivity contribution is -0.131. The third-order valence-corrected chi connectivity index (χ3v) is 3.06. The number of hydrogen-bond donors (Lipinski definition) is 1. The van der Waals surface area contributed by atoms with Crippen molar-refractivity contribution in [3.05, 3.63) is 29.3 Å². The monoisotopic (exact) mass is 246 g/mol. The highest BCUT2D eigenvalue weighted by atomic mass is 16.2. The predicted molar refractivity (Wildman–Crippen MR) is 66.1 cm³/mol. The first-order valence-electron chi connectivity index (χ1n) is 5.73. The minimum Gasteiger partial charge on any atom is -0.346 e. The second-order valence-corrected chi connectivity index (χ2v) is 4.25. The van der Waals surface area contributed by atoms with E-state index in [1.807, 2.05) is 18.2 Å². The van der Waals surface area contributed by atoms with Crippen LogP contribution in [-0.2, 0) is 27.3 Å². The highest BCUT2D eigenvalue weighted by molar-refractivity contribution is 6.23. The molecule has 1 N–H and O–H groups in total. The van der Waals surface area contributed by atoms with Gasteiger partial charge in [-0.05, 0) is 23.6 Å². The first kappa shape index (κ1) is 12.3. The molecule has 0 fully saturated rings. The molecule has 2 amide bonds. The molecule has 2 rings (SSSR count). The van der Waals surface area contributed by atoms with Crippen molar-refractivity contribution in [1.82, 2.24) is 5.32 Å². The lowest BCUT2D eigenvalue weighted by Crippen LogP contribution is -2.31. The van der Waals surface area contributed by atoms with E-state index >= 15 is 0 Å². The summed E-state index contributed by atoms with van der Waals surface area (Å²) < 4.78 is 0. The molecule has 5 heteroatoms. The Kier molecular flexibility index (Phi) is 3.41. The van der Waals surface area contributed by atoms with Gasteiger partial charge in [-0.3, -0.25) is 14.4 Å². The molecule has 0 saturated carbocycles. The van der Waals surface area contributed by atoms with Crippen molar-refractivity contribution in [3.8, 4) is 0 Å². The Morgan fingerprint density at radius 2 is 2.22 bits per heavy atom. The van der Waals surface area contributed by atoms with Gasteiger partial charge in [0.2, 0.25) is 12.2 Å². The van der Waals surface area contributed by atoms with Gasteiger partial charge in [0, 0.05) is 25.7 Å². The molecule has 0 aliphatic carbocycles. The normalized spacial score (nSPS) is 14.1. The second-order valence-electron chi connectivity index (χ2n) is 4.25. The summed E-state index contributed by atoms with van der Waals surface area (Å²) >= 11 is 0. The number of carbonyl (C=O) groups is 3. The third kappa shape index (κ3) is 2.40. The second kappa shape index (κ2) is 5.00. The zero-order chi connectivity index (χ0) is 13.1. The smallest absolute Gasteiger partial charge is 0.284 e. The molecule has 0 unspecified atom stereocenters. The minimum atomic E-state index is -0.625. The Bertz CT molecular complexity index is 511.